The van der Waals surface area contributed by atoms with Crippen LogP contribution in [0.2, 0.25) is 0 Å². The van der Waals surface area contributed by atoms with Gasteiger partial charge in [-0.15, -0.1) is 11.3 Å². The molecule has 0 fully saturated rings. The number of anilines is 1. The van der Waals surface area contributed by atoms with Gasteiger partial charge in [0.15, 0.2) is 6.61 Å². The molecule has 0 spiro atoms. The topological polar surface area (TPSA) is 64.6 Å². The Hall–Kier alpha value is -2.34. The molecule has 1 heterocycles. The van der Waals surface area contributed by atoms with Crippen molar-refractivity contribution >= 4 is 28.2 Å². The molecule has 0 aliphatic rings. The van der Waals surface area contributed by atoms with Crippen LogP contribution in [-0.2, 0) is 16.0 Å². The molecule has 26 heavy (non-hydrogen) atoms. The van der Waals surface area contributed by atoms with Gasteiger partial charge in [0.2, 0.25) is 0 Å². The van der Waals surface area contributed by atoms with E-state index < -0.39 is 5.97 Å². The van der Waals surface area contributed by atoms with Gasteiger partial charge < -0.3 is 14.8 Å². The Balaban J connectivity index is 2.08. The highest BCUT2D eigenvalue weighted by Gasteiger charge is 2.19. The van der Waals surface area contributed by atoms with Crippen molar-refractivity contribution in [2.75, 3.05) is 18.5 Å². The zero-order valence-electron chi connectivity index (χ0n) is 15.9. The van der Waals surface area contributed by atoms with E-state index in [9.17, 15) is 9.59 Å². The molecule has 6 heteroatoms. The minimum absolute atomic E-state index is 0.120. The number of aryl methyl sites for hydroxylation is 3. The van der Waals surface area contributed by atoms with Gasteiger partial charge in [-0.2, -0.15) is 0 Å². The van der Waals surface area contributed by atoms with E-state index in [-0.39, 0.29) is 12.5 Å². The second kappa shape index (κ2) is 8.85. The Bertz CT molecular complexity index is 810. The zero-order chi connectivity index (χ0) is 19.3. The molecule has 2 aromatic rings. The lowest BCUT2D eigenvalue weighted by Gasteiger charge is -2.12. The lowest BCUT2D eigenvalue weighted by Crippen LogP contribution is -2.21. The molecule has 140 valence electrons. The second-order valence-corrected chi connectivity index (χ2v) is 7.21. The second-order valence-electron chi connectivity index (χ2n) is 6.07. The molecular weight excluding hydrogens is 350 g/mol. The SMILES string of the molecule is CCOC(=O)c1cc(CC)sc1NC(=O)COc1cc(C)cc(C)c1C. The first-order valence-electron chi connectivity index (χ1n) is 8.66. The third kappa shape index (κ3) is 4.85. The van der Waals surface area contributed by atoms with E-state index in [0.717, 1.165) is 28.0 Å². The number of carbonyl (C=O) groups is 2. The minimum Gasteiger partial charge on any atom is -0.483 e. The molecule has 1 amide bonds. The third-order valence-corrected chi connectivity index (χ3v) is 5.20. The van der Waals surface area contributed by atoms with Crippen LogP contribution in [0, 0.1) is 20.8 Å². The van der Waals surface area contributed by atoms with Crippen molar-refractivity contribution < 1.29 is 19.1 Å². The predicted octanol–water partition coefficient (Wildman–Crippen LogP) is 4.43. The van der Waals surface area contributed by atoms with Gasteiger partial charge in [-0.1, -0.05) is 13.0 Å². The number of benzene rings is 1. The maximum atomic E-state index is 12.3. The smallest absolute Gasteiger partial charge is 0.341 e. The molecule has 1 aromatic carbocycles. The van der Waals surface area contributed by atoms with Crippen LogP contribution in [0.15, 0.2) is 18.2 Å². The molecule has 0 aliphatic carbocycles. The van der Waals surface area contributed by atoms with Crippen LogP contribution in [0.1, 0.15) is 45.8 Å². The molecule has 1 N–H and O–H groups in total. The monoisotopic (exact) mass is 375 g/mol. The number of rotatable bonds is 7. The van der Waals surface area contributed by atoms with E-state index in [2.05, 4.69) is 11.4 Å². The van der Waals surface area contributed by atoms with Crippen LogP contribution < -0.4 is 10.1 Å². The fourth-order valence-electron chi connectivity index (χ4n) is 2.53. The lowest BCUT2D eigenvalue weighted by molar-refractivity contribution is -0.118. The molecule has 0 unspecified atom stereocenters. The summed E-state index contributed by atoms with van der Waals surface area (Å²) < 4.78 is 10.8. The molecular formula is C20H25NO4S. The number of hydrogen-bond donors (Lipinski definition) is 1. The Kier molecular flexibility index (Phi) is 6.80. The summed E-state index contributed by atoms with van der Waals surface area (Å²) in [6, 6.07) is 5.76. The molecule has 2 rings (SSSR count). The number of ether oxygens (including phenoxy) is 2. The van der Waals surface area contributed by atoms with Crippen LogP contribution in [-0.4, -0.2) is 25.1 Å². The summed E-state index contributed by atoms with van der Waals surface area (Å²) in [5.74, 6) is -0.0351. The maximum Gasteiger partial charge on any atom is 0.341 e. The van der Waals surface area contributed by atoms with Crippen molar-refractivity contribution in [1.82, 2.24) is 0 Å². The van der Waals surface area contributed by atoms with E-state index >= 15 is 0 Å². The van der Waals surface area contributed by atoms with Crippen molar-refractivity contribution in [2.45, 2.75) is 41.0 Å². The van der Waals surface area contributed by atoms with Gasteiger partial charge in [0.05, 0.1) is 12.2 Å². The molecule has 5 nitrogen and oxygen atoms in total. The fourth-order valence-corrected chi connectivity index (χ4v) is 3.53. The van der Waals surface area contributed by atoms with Gasteiger partial charge in [-0.3, -0.25) is 4.79 Å². The number of esters is 1. The number of hydrogen-bond acceptors (Lipinski definition) is 5. The molecule has 0 aliphatic heterocycles. The minimum atomic E-state index is -0.426. The molecule has 0 saturated heterocycles. The predicted molar refractivity (Wildman–Crippen MR) is 104 cm³/mol. The van der Waals surface area contributed by atoms with Crippen LogP contribution >= 0.6 is 11.3 Å². The third-order valence-electron chi connectivity index (χ3n) is 4.00. The lowest BCUT2D eigenvalue weighted by atomic mass is 10.1. The van der Waals surface area contributed by atoms with Gasteiger partial charge in [-0.05, 0) is 62.9 Å². The van der Waals surface area contributed by atoms with Crippen LogP contribution in [0.3, 0.4) is 0 Å². The molecule has 0 atom stereocenters. The summed E-state index contributed by atoms with van der Waals surface area (Å²) in [5.41, 5.74) is 3.61. The maximum absolute atomic E-state index is 12.3. The van der Waals surface area contributed by atoms with E-state index in [1.165, 1.54) is 11.3 Å². The summed E-state index contributed by atoms with van der Waals surface area (Å²) in [4.78, 5) is 25.4. The number of carbonyl (C=O) groups excluding carboxylic acids is 2. The Morgan fingerprint density at radius 3 is 2.50 bits per heavy atom. The van der Waals surface area contributed by atoms with E-state index in [4.69, 9.17) is 9.47 Å². The molecule has 0 radical (unpaired) electrons. The molecule has 1 aromatic heterocycles. The van der Waals surface area contributed by atoms with Crippen molar-refractivity contribution in [3.63, 3.8) is 0 Å². The highest BCUT2D eigenvalue weighted by atomic mass is 32.1. The highest BCUT2D eigenvalue weighted by molar-refractivity contribution is 7.16. The standard InChI is InChI=1S/C20H25NO4S/c1-6-15-10-16(20(23)24-7-2)19(26-15)21-18(22)11-25-17-9-12(3)8-13(4)14(17)5/h8-10H,6-7,11H2,1-5H3,(H,21,22). The average Bonchev–Trinajstić information content (AvgIpc) is 3.00. The summed E-state index contributed by atoms with van der Waals surface area (Å²) in [5, 5.41) is 3.28. The summed E-state index contributed by atoms with van der Waals surface area (Å²) in [6.45, 7) is 9.89. The Labute approximate surface area is 158 Å². The first-order valence-corrected chi connectivity index (χ1v) is 9.47. The van der Waals surface area contributed by atoms with Crippen LogP contribution in [0.5, 0.6) is 5.75 Å². The van der Waals surface area contributed by atoms with Crippen molar-refractivity contribution in [1.29, 1.82) is 0 Å². The van der Waals surface area contributed by atoms with Crippen molar-refractivity contribution in [3.05, 3.63) is 45.3 Å². The normalized spacial score (nSPS) is 10.5. The highest BCUT2D eigenvalue weighted by Crippen LogP contribution is 2.29. The van der Waals surface area contributed by atoms with Crippen molar-refractivity contribution in [3.8, 4) is 5.75 Å². The summed E-state index contributed by atoms with van der Waals surface area (Å²) in [7, 11) is 0. The Morgan fingerprint density at radius 2 is 1.85 bits per heavy atom. The average molecular weight is 375 g/mol. The molecule has 0 saturated carbocycles. The Morgan fingerprint density at radius 1 is 1.12 bits per heavy atom. The summed E-state index contributed by atoms with van der Waals surface area (Å²) >= 11 is 1.38. The first kappa shape index (κ1) is 20.0. The van der Waals surface area contributed by atoms with Crippen LogP contribution in [0.4, 0.5) is 5.00 Å². The number of nitrogens with one attached hydrogen (secondary N) is 1. The van der Waals surface area contributed by atoms with Gasteiger partial charge in [-0.25, -0.2) is 4.79 Å². The number of amides is 1. The first-order chi connectivity index (χ1) is 12.3. The summed E-state index contributed by atoms with van der Waals surface area (Å²) in [6.07, 6.45) is 0.783. The molecule has 0 bridgehead atoms. The zero-order valence-corrected chi connectivity index (χ0v) is 16.7. The van der Waals surface area contributed by atoms with Gasteiger partial charge in [0.1, 0.15) is 10.8 Å². The van der Waals surface area contributed by atoms with E-state index in [1.54, 1.807) is 13.0 Å². The van der Waals surface area contributed by atoms with Crippen molar-refractivity contribution in [2.24, 2.45) is 0 Å². The number of thiophene rings is 1. The quantitative estimate of drug-likeness (QED) is 0.727. The van der Waals surface area contributed by atoms with E-state index in [0.29, 0.717) is 22.9 Å². The van der Waals surface area contributed by atoms with Gasteiger partial charge in [0.25, 0.3) is 5.91 Å². The largest absolute Gasteiger partial charge is 0.483 e. The van der Waals surface area contributed by atoms with E-state index in [1.807, 2.05) is 33.8 Å². The van der Waals surface area contributed by atoms with Gasteiger partial charge >= 0.3 is 5.97 Å². The van der Waals surface area contributed by atoms with Gasteiger partial charge in [0, 0.05) is 4.88 Å². The van der Waals surface area contributed by atoms with Crippen LogP contribution in [0.25, 0.3) is 0 Å². The fraction of sp³-hybridized carbons (Fsp3) is 0.400.